The predicted molar refractivity (Wildman–Crippen MR) is 87.0 cm³/mol. The van der Waals surface area contributed by atoms with Gasteiger partial charge in [-0.15, -0.1) is 0 Å². The van der Waals surface area contributed by atoms with E-state index in [2.05, 4.69) is 25.2 Å². The van der Waals surface area contributed by atoms with Crippen LogP contribution in [0.2, 0.25) is 0 Å². The van der Waals surface area contributed by atoms with Crippen molar-refractivity contribution in [3.8, 4) is 5.88 Å². The number of nitrogens with one attached hydrogen (secondary N) is 1. The maximum absolute atomic E-state index is 12.3. The molecule has 1 aliphatic rings. The number of nitrogens with zero attached hydrogens (tertiary/aromatic N) is 4. The second-order valence-corrected chi connectivity index (χ2v) is 5.19. The molecule has 0 saturated carbocycles. The molecule has 0 aliphatic carbocycles. The van der Waals surface area contributed by atoms with Gasteiger partial charge in [-0.1, -0.05) is 0 Å². The van der Waals surface area contributed by atoms with Crippen LogP contribution in [0.4, 0.5) is 5.95 Å². The van der Waals surface area contributed by atoms with Crippen LogP contribution in [0.3, 0.4) is 0 Å². The molecule has 0 aromatic carbocycles. The molecule has 0 radical (unpaired) electrons. The highest BCUT2D eigenvalue weighted by molar-refractivity contribution is 5.96. The minimum atomic E-state index is -0.258. The highest BCUT2D eigenvalue weighted by atomic mass is 16.5. The first kappa shape index (κ1) is 16.1. The smallest absolute Gasteiger partial charge is 0.257 e. The van der Waals surface area contributed by atoms with Crippen molar-refractivity contribution in [1.29, 1.82) is 0 Å². The average Bonchev–Trinajstić information content (AvgIpc) is 2.67. The monoisotopic (exact) mass is 329 g/mol. The fourth-order valence-electron chi connectivity index (χ4n) is 2.39. The van der Waals surface area contributed by atoms with Gasteiger partial charge in [0.15, 0.2) is 0 Å². The van der Waals surface area contributed by atoms with E-state index in [9.17, 15) is 4.79 Å². The number of morpholine rings is 1. The third-order valence-electron chi connectivity index (χ3n) is 3.63. The molecule has 3 heterocycles. The first-order chi connectivity index (χ1) is 11.8. The largest absolute Gasteiger partial charge is 0.480 e. The quantitative estimate of drug-likeness (QED) is 0.861. The van der Waals surface area contributed by atoms with Gasteiger partial charge in [0.05, 0.1) is 32.6 Å². The molecule has 0 unspecified atom stereocenters. The van der Waals surface area contributed by atoms with Crippen molar-refractivity contribution in [2.24, 2.45) is 0 Å². The van der Waals surface area contributed by atoms with E-state index in [1.807, 2.05) is 0 Å². The molecular weight excluding hydrogens is 310 g/mol. The Morgan fingerprint density at radius 1 is 1.29 bits per heavy atom. The van der Waals surface area contributed by atoms with Crippen LogP contribution in [-0.4, -0.2) is 54.3 Å². The summed E-state index contributed by atoms with van der Waals surface area (Å²) in [6.45, 7) is 3.18. The fourth-order valence-corrected chi connectivity index (χ4v) is 2.39. The SMILES string of the molecule is COc1ncccc1C(=O)NCc1ccnc(N2CCOCC2)n1. The second kappa shape index (κ2) is 7.69. The predicted octanol–water partition coefficient (Wildman–Crippen LogP) is 0.647. The van der Waals surface area contributed by atoms with Gasteiger partial charge in [-0.2, -0.15) is 0 Å². The van der Waals surface area contributed by atoms with Gasteiger partial charge in [0, 0.05) is 25.5 Å². The van der Waals surface area contributed by atoms with E-state index in [1.54, 1.807) is 30.6 Å². The van der Waals surface area contributed by atoms with Crippen LogP contribution in [-0.2, 0) is 11.3 Å². The first-order valence-corrected chi connectivity index (χ1v) is 7.70. The van der Waals surface area contributed by atoms with Crippen molar-refractivity contribution < 1.29 is 14.3 Å². The summed E-state index contributed by atoms with van der Waals surface area (Å²) in [6, 6.07) is 5.14. The number of amides is 1. The second-order valence-electron chi connectivity index (χ2n) is 5.19. The molecule has 2 aromatic rings. The van der Waals surface area contributed by atoms with Crippen LogP contribution in [0.1, 0.15) is 16.1 Å². The number of hydrogen-bond donors (Lipinski definition) is 1. The molecule has 8 heteroatoms. The van der Waals surface area contributed by atoms with Gasteiger partial charge in [0.25, 0.3) is 5.91 Å². The molecule has 0 bridgehead atoms. The summed E-state index contributed by atoms with van der Waals surface area (Å²) in [5.41, 5.74) is 1.13. The van der Waals surface area contributed by atoms with Gasteiger partial charge in [-0.05, 0) is 18.2 Å². The molecule has 1 N–H and O–H groups in total. The lowest BCUT2D eigenvalue weighted by molar-refractivity contribution is 0.0946. The number of anilines is 1. The van der Waals surface area contributed by atoms with E-state index in [0.717, 1.165) is 18.8 Å². The zero-order valence-electron chi connectivity index (χ0n) is 13.4. The van der Waals surface area contributed by atoms with Crippen molar-refractivity contribution >= 4 is 11.9 Å². The van der Waals surface area contributed by atoms with Gasteiger partial charge in [-0.25, -0.2) is 15.0 Å². The Balaban J connectivity index is 1.65. The summed E-state index contributed by atoms with van der Waals surface area (Å²) in [6.07, 6.45) is 3.28. The molecule has 1 fully saturated rings. The number of ether oxygens (including phenoxy) is 2. The zero-order chi connectivity index (χ0) is 16.8. The standard InChI is InChI=1S/C16H19N5O3/c1-23-15-13(3-2-5-17-15)14(22)19-11-12-4-6-18-16(20-12)21-7-9-24-10-8-21/h2-6H,7-11H2,1H3,(H,19,22). The lowest BCUT2D eigenvalue weighted by Gasteiger charge is -2.26. The molecule has 2 aromatic heterocycles. The molecule has 1 saturated heterocycles. The van der Waals surface area contributed by atoms with Gasteiger partial charge in [0.1, 0.15) is 5.56 Å². The van der Waals surface area contributed by atoms with Gasteiger partial charge >= 0.3 is 0 Å². The van der Waals surface area contributed by atoms with E-state index in [0.29, 0.717) is 37.2 Å². The number of hydrogen-bond acceptors (Lipinski definition) is 7. The van der Waals surface area contributed by atoms with E-state index >= 15 is 0 Å². The number of aromatic nitrogens is 3. The van der Waals surface area contributed by atoms with Gasteiger partial charge in [0.2, 0.25) is 11.8 Å². The van der Waals surface area contributed by atoms with Crippen LogP contribution in [0.5, 0.6) is 5.88 Å². The lowest BCUT2D eigenvalue weighted by atomic mass is 10.2. The Morgan fingerprint density at radius 2 is 2.12 bits per heavy atom. The Hall–Kier alpha value is -2.74. The molecule has 1 amide bonds. The minimum absolute atomic E-state index is 0.258. The molecule has 126 valence electrons. The van der Waals surface area contributed by atoms with Gasteiger partial charge in [-0.3, -0.25) is 4.79 Å². The Morgan fingerprint density at radius 3 is 2.92 bits per heavy atom. The fraction of sp³-hybridized carbons (Fsp3) is 0.375. The number of carbonyl (C=O) groups is 1. The van der Waals surface area contributed by atoms with Crippen molar-refractivity contribution in [2.75, 3.05) is 38.3 Å². The summed E-state index contributed by atoms with van der Waals surface area (Å²) < 4.78 is 10.4. The molecule has 0 spiro atoms. The number of rotatable bonds is 5. The van der Waals surface area contributed by atoms with E-state index in [-0.39, 0.29) is 5.91 Å². The van der Waals surface area contributed by atoms with Crippen LogP contribution in [0.25, 0.3) is 0 Å². The summed E-state index contributed by atoms with van der Waals surface area (Å²) >= 11 is 0. The first-order valence-electron chi connectivity index (χ1n) is 7.70. The lowest BCUT2D eigenvalue weighted by Crippen LogP contribution is -2.37. The molecular formula is C16H19N5O3. The molecule has 0 atom stereocenters. The normalized spacial score (nSPS) is 14.3. The number of methoxy groups -OCH3 is 1. The highest BCUT2D eigenvalue weighted by Crippen LogP contribution is 2.14. The Labute approximate surface area is 139 Å². The third kappa shape index (κ3) is 3.77. The van der Waals surface area contributed by atoms with E-state index < -0.39 is 0 Å². The van der Waals surface area contributed by atoms with Crippen molar-refractivity contribution in [3.05, 3.63) is 41.9 Å². The summed E-state index contributed by atoms with van der Waals surface area (Å²) in [5, 5.41) is 2.83. The topological polar surface area (TPSA) is 89.5 Å². The molecule has 1 aliphatic heterocycles. The maximum Gasteiger partial charge on any atom is 0.257 e. The Kier molecular flexibility index (Phi) is 5.17. The third-order valence-corrected chi connectivity index (χ3v) is 3.63. The van der Waals surface area contributed by atoms with Gasteiger partial charge < -0.3 is 19.7 Å². The minimum Gasteiger partial charge on any atom is -0.480 e. The summed E-state index contributed by atoms with van der Waals surface area (Å²) in [5.74, 6) is 0.696. The highest BCUT2D eigenvalue weighted by Gasteiger charge is 2.15. The van der Waals surface area contributed by atoms with Crippen LogP contribution in [0, 0.1) is 0 Å². The maximum atomic E-state index is 12.3. The molecule has 3 rings (SSSR count). The van der Waals surface area contributed by atoms with E-state index in [4.69, 9.17) is 9.47 Å². The average molecular weight is 329 g/mol. The Bertz CT molecular complexity index is 704. The van der Waals surface area contributed by atoms with Crippen molar-refractivity contribution in [2.45, 2.75) is 6.54 Å². The summed E-state index contributed by atoms with van der Waals surface area (Å²) in [7, 11) is 1.48. The van der Waals surface area contributed by atoms with Crippen molar-refractivity contribution in [1.82, 2.24) is 20.3 Å². The molecule has 24 heavy (non-hydrogen) atoms. The number of pyridine rings is 1. The van der Waals surface area contributed by atoms with Crippen LogP contribution < -0.4 is 15.0 Å². The number of carbonyl (C=O) groups excluding carboxylic acids is 1. The zero-order valence-corrected chi connectivity index (χ0v) is 13.4. The summed E-state index contributed by atoms with van der Waals surface area (Å²) in [4.78, 5) is 27.2. The molecule has 8 nitrogen and oxygen atoms in total. The van der Waals surface area contributed by atoms with E-state index in [1.165, 1.54) is 7.11 Å². The van der Waals surface area contributed by atoms with Crippen molar-refractivity contribution in [3.63, 3.8) is 0 Å². The van der Waals surface area contributed by atoms with Crippen LogP contribution in [0.15, 0.2) is 30.6 Å². The van der Waals surface area contributed by atoms with Crippen LogP contribution >= 0.6 is 0 Å².